The second kappa shape index (κ2) is 15.7. The van der Waals surface area contributed by atoms with Gasteiger partial charge in [0.25, 0.3) is 11.8 Å². The van der Waals surface area contributed by atoms with Crippen LogP contribution >= 0.6 is 11.3 Å². The molecule has 5 rings (SSSR count). The van der Waals surface area contributed by atoms with Crippen LogP contribution in [0.15, 0.2) is 89.4 Å². The van der Waals surface area contributed by atoms with Gasteiger partial charge in [-0.15, -0.1) is 11.3 Å². The zero-order chi connectivity index (χ0) is 33.3. The summed E-state index contributed by atoms with van der Waals surface area (Å²) in [4.78, 5) is 41.9. The number of rotatable bonds is 14. The summed E-state index contributed by atoms with van der Waals surface area (Å²) in [6.07, 6.45) is 6.01. The van der Waals surface area contributed by atoms with Gasteiger partial charge in [0.1, 0.15) is 5.01 Å². The Morgan fingerprint density at radius 1 is 1.00 bits per heavy atom. The third kappa shape index (κ3) is 9.19. The maximum absolute atomic E-state index is 13.9. The normalized spacial score (nSPS) is 12.6. The number of nitrogens with zero attached hydrogens (tertiary/aromatic N) is 4. The van der Waals surface area contributed by atoms with E-state index in [0.717, 1.165) is 27.4 Å². The lowest BCUT2D eigenvalue weighted by atomic mass is 9.99. The Kier molecular flexibility index (Phi) is 11.3. The van der Waals surface area contributed by atoms with Crippen molar-refractivity contribution >= 4 is 23.2 Å². The number of aromatic nitrogens is 3. The molecule has 3 aromatic heterocycles. The molecule has 11 heteroatoms. The molecule has 0 fully saturated rings. The van der Waals surface area contributed by atoms with Crippen molar-refractivity contribution in [3.05, 3.63) is 123 Å². The van der Waals surface area contributed by atoms with Crippen LogP contribution in [0.4, 0.5) is 0 Å². The molecule has 0 aliphatic heterocycles. The number of aryl methyl sites for hydroxylation is 1. The third-order valence-electron chi connectivity index (χ3n) is 7.79. The number of aliphatic hydroxyl groups is 1. The van der Waals surface area contributed by atoms with E-state index in [-0.39, 0.29) is 18.0 Å². The summed E-state index contributed by atoms with van der Waals surface area (Å²) in [5.41, 5.74) is 5.15. The van der Waals surface area contributed by atoms with Gasteiger partial charge in [0.05, 0.1) is 24.9 Å². The first kappa shape index (κ1) is 33.6. The van der Waals surface area contributed by atoms with Crippen molar-refractivity contribution in [3.63, 3.8) is 0 Å². The SMILES string of the molecule is Cc1csc(CN(C)C(=O)c2cc(C(=O)N[C@@H](Cc3ccccc3)[C@H](O)CNCc3cncc(C(C)C)c3)cc(-c3cnco3)c2)n1. The largest absolute Gasteiger partial charge is 0.444 e. The van der Waals surface area contributed by atoms with Crippen LogP contribution in [0.1, 0.15) is 67.9 Å². The highest BCUT2D eigenvalue weighted by Crippen LogP contribution is 2.24. The summed E-state index contributed by atoms with van der Waals surface area (Å²) in [6, 6.07) is 16.1. The molecule has 3 heterocycles. The minimum atomic E-state index is -0.910. The Morgan fingerprint density at radius 2 is 1.79 bits per heavy atom. The number of aliphatic hydroxyl groups excluding tert-OH is 1. The smallest absolute Gasteiger partial charge is 0.254 e. The van der Waals surface area contributed by atoms with Crippen molar-refractivity contribution in [2.75, 3.05) is 13.6 Å². The van der Waals surface area contributed by atoms with Gasteiger partial charge in [-0.3, -0.25) is 14.6 Å². The lowest BCUT2D eigenvalue weighted by Gasteiger charge is -2.25. The van der Waals surface area contributed by atoms with E-state index in [1.165, 1.54) is 23.9 Å². The molecule has 0 aliphatic carbocycles. The van der Waals surface area contributed by atoms with E-state index in [2.05, 4.69) is 45.5 Å². The second-order valence-corrected chi connectivity index (χ2v) is 12.9. The topological polar surface area (TPSA) is 133 Å². The molecule has 2 aromatic carbocycles. The molecule has 0 spiro atoms. The fraction of sp³-hybridized carbons (Fsp3) is 0.306. The molecular formula is C36H40N6O4S. The van der Waals surface area contributed by atoms with Crippen molar-refractivity contribution in [1.29, 1.82) is 0 Å². The molecule has 10 nitrogen and oxygen atoms in total. The Balaban J connectivity index is 1.35. The summed E-state index contributed by atoms with van der Waals surface area (Å²) in [6.45, 7) is 7.26. The van der Waals surface area contributed by atoms with Crippen LogP contribution in [0.3, 0.4) is 0 Å². The highest BCUT2D eigenvalue weighted by Gasteiger charge is 2.24. The Labute approximate surface area is 278 Å². The van der Waals surface area contributed by atoms with E-state index < -0.39 is 18.1 Å². The summed E-state index contributed by atoms with van der Waals surface area (Å²) < 4.78 is 5.52. The summed E-state index contributed by atoms with van der Waals surface area (Å²) in [5.74, 6) is 0.0920. The van der Waals surface area contributed by atoms with Crippen molar-refractivity contribution in [1.82, 2.24) is 30.5 Å². The van der Waals surface area contributed by atoms with Crippen LogP contribution in [-0.4, -0.2) is 62.5 Å². The Hall–Kier alpha value is -4.71. The van der Waals surface area contributed by atoms with E-state index >= 15 is 0 Å². The predicted molar refractivity (Wildman–Crippen MR) is 182 cm³/mol. The monoisotopic (exact) mass is 652 g/mol. The van der Waals surface area contributed by atoms with Gasteiger partial charge in [0.2, 0.25) is 0 Å². The number of nitrogens with one attached hydrogen (secondary N) is 2. The van der Waals surface area contributed by atoms with Crippen LogP contribution in [0.25, 0.3) is 11.3 Å². The van der Waals surface area contributed by atoms with Crippen molar-refractivity contribution in [2.45, 2.75) is 58.3 Å². The van der Waals surface area contributed by atoms with Gasteiger partial charge in [0, 0.05) is 60.3 Å². The number of carbonyl (C=O) groups excluding carboxylic acids is 2. The number of hydrogen-bond acceptors (Lipinski definition) is 9. The van der Waals surface area contributed by atoms with Gasteiger partial charge in [-0.2, -0.15) is 0 Å². The molecule has 5 aromatic rings. The first-order chi connectivity index (χ1) is 22.7. The summed E-state index contributed by atoms with van der Waals surface area (Å²) >= 11 is 1.49. The average Bonchev–Trinajstić information content (AvgIpc) is 3.76. The van der Waals surface area contributed by atoms with Crippen LogP contribution in [-0.2, 0) is 19.5 Å². The van der Waals surface area contributed by atoms with Crippen molar-refractivity contribution in [3.8, 4) is 11.3 Å². The van der Waals surface area contributed by atoms with E-state index in [1.54, 1.807) is 30.1 Å². The standard InChI is InChI=1S/C36H40N6O4S/c1-23(2)30-10-26(15-37-17-30)16-38-18-32(43)31(11-25-8-6-5-7-9-25)41-35(44)28-12-27(33-19-39-22-46-33)13-29(14-28)36(45)42(4)20-34-40-24(3)21-47-34/h5-10,12-15,17,19,21-23,31-32,38,43H,11,16,18,20H2,1-4H3,(H,41,44)/t31-,32+/m0/s1. The fourth-order valence-corrected chi connectivity index (χ4v) is 6.01. The van der Waals surface area contributed by atoms with Gasteiger partial charge >= 0.3 is 0 Å². The van der Waals surface area contributed by atoms with Crippen molar-refractivity contribution < 1.29 is 19.1 Å². The number of oxazole rings is 1. The predicted octanol–water partition coefficient (Wildman–Crippen LogP) is 5.39. The number of thiazole rings is 1. The van der Waals surface area contributed by atoms with Gasteiger partial charge in [-0.05, 0) is 54.2 Å². The van der Waals surface area contributed by atoms with Crippen LogP contribution < -0.4 is 10.6 Å². The lowest BCUT2D eigenvalue weighted by molar-refractivity contribution is 0.0784. The van der Waals surface area contributed by atoms with Gasteiger partial charge < -0.3 is 25.1 Å². The quantitative estimate of drug-likeness (QED) is 0.146. The molecule has 0 unspecified atom stereocenters. The molecule has 0 radical (unpaired) electrons. The van der Waals surface area contributed by atoms with E-state index in [4.69, 9.17) is 4.42 Å². The molecule has 2 atom stereocenters. The zero-order valence-corrected chi connectivity index (χ0v) is 27.8. The number of carbonyl (C=O) groups is 2. The maximum atomic E-state index is 13.9. The first-order valence-electron chi connectivity index (χ1n) is 15.5. The summed E-state index contributed by atoms with van der Waals surface area (Å²) in [5, 5.41) is 20.5. The number of benzene rings is 2. The van der Waals surface area contributed by atoms with E-state index in [1.807, 2.05) is 55.0 Å². The first-order valence-corrected chi connectivity index (χ1v) is 16.4. The van der Waals surface area contributed by atoms with E-state index in [0.29, 0.717) is 42.3 Å². The molecule has 3 N–H and O–H groups in total. The lowest BCUT2D eigenvalue weighted by Crippen LogP contribution is -2.48. The van der Waals surface area contributed by atoms with Gasteiger partial charge in [0.15, 0.2) is 12.2 Å². The van der Waals surface area contributed by atoms with Gasteiger partial charge in [-0.1, -0.05) is 50.2 Å². The Morgan fingerprint density at radius 3 is 2.49 bits per heavy atom. The van der Waals surface area contributed by atoms with Crippen LogP contribution in [0.2, 0.25) is 0 Å². The van der Waals surface area contributed by atoms with Crippen LogP contribution in [0.5, 0.6) is 0 Å². The molecule has 0 aliphatic rings. The molecule has 244 valence electrons. The summed E-state index contributed by atoms with van der Waals surface area (Å²) in [7, 11) is 1.70. The average molecular weight is 653 g/mol. The number of hydrogen-bond donors (Lipinski definition) is 3. The molecule has 0 saturated carbocycles. The third-order valence-corrected chi connectivity index (χ3v) is 8.74. The minimum Gasteiger partial charge on any atom is -0.444 e. The molecule has 0 bridgehead atoms. The van der Waals surface area contributed by atoms with Crippen molar-refractivity contribution in [2.24, 2.45) is 0 Å². The molecule has 2 amide bonds. The van der Waals surface area contributed by atoms with Crippen LogP contribution in [0, 0.1) is 6.92 Å². The minimum absolute atomic E-state index is 0.243. The molecular weight excluding hydrogens is 613 g/mol. The van der Waals surface area contributed by atoms with E-state index in [9.17, 15) is 14.7 Å². The highest BCUT2D eigenvalue weighted by molar-refractivity contribution is 7.09. The van der Waals surface area contributed by atoms with Gasteiger partial charge in [-0.25, -0.2) is 9.97 Å². The molecule has 47 heavy (non-hydrogen) atoms. The zero-order valence-electron chi connectivity index (χ0n) is 27.0. The Bertz CT molecular complexity index is 1770. The maximum Gasteiger partial charge on any atom is 0.254 e. The number of pyridine rings is 1. The number of amides is 2. The molecule has 0 saturated heterocycles. The highest BCUT2D eigenvalue weighted by atomic mass is 32.1. The fourth-order valence-electron chi connectivity index (χ4n) is 5.18. The second-order valence-electron chi connectivity index (χ2n) is 12.0.